The number of aromatic nitrogens is 4. The van der Waals surface area contributed by atoms with E-state index in [1.165, 1.54) is 4.90 Å². The molecule has 1 fully saturated rings. The van der Waals surface area contributed by atoms with Gasteiger partial charge in [0, 0.05) is 43.9 Å². The lowest BCUT2D eigenvalue weighted by atomic mass is 9.86. The van der Waals surface area contributed by atoms with Crippen LogP contribution in [0.1, 0.15) is 44.3 Å². The Bertz CT molecular complexity index is 2480. The fourth-order valence-electron chi connectivity index (χ4n) is 7.84. The van der Waals surface area contributed by atoms with Gasteiger partial charge in [-0.2, -0.15) is 0 Å². The van der Waals surface area contributed by atoms with Gasteiger partial charge in [0.2, 0.25) is 18.2 Å². The number of carbonyl (C=O) groups is 4. The zero-order valence-electron chi connectivity index (χ0n) is 29.5. The van der Waals surface area contributed by atoms with E-state index < -0.39 is 17.7 Å². The molecule has 1 saturated heterocycles. The van der Waals surface area contributed by atoms with Gasteiger partial charge in [-0.15, -0.1) is 11.3 Å². The summed E-state index contributed by atoms with van der Waals surface area (Å²) in [7, 11) is 0. The molecule has 15 heteroatoms. The van der Waals surface area contributed by atoms with Gasteiger partial charge in [-0.1, -0.05) is 43.3 Å². The van der Waals surface area contributed by atoms with Crippen LogP contribution in [0.15, 0.2) is 72.6 Å². The van der Waals surface area contributed by atoms with Crippen LogP contribution < -0.4 is 16.4 Å². The number of hydrogen-bond donors (Lipinski definition) is 6. The molecule has 2 bridgehead atoms. The van der Waals surface area contributed by atoms with Crippen LogP contribution in [0.25, 0.3) is 53.6 Å². The molecule has 2 aliphatic rings. The van der Waals surface area contributed by atoms with Gasteiger partial charge in [-0.25, -0.2) is 14.8 Å². The average molecular weight is 746 g/mol. The molecule has 4 heterocycles. The summed E-state index contributed by atoms with van der Waals surface area (Å²) in [5, 5.41) is 16.0. The van der Waals surface area contributed by atoms with Crippen LogP contribution in [0.5, 0.6) is 0 Å². The maximum absolute atomic E-state index is 13.3. The molecule has 8 rings (SSSR count). The second-order valence-electron chi connectivity index (χ2n) is 13.8. The van der Waals surface area contributed by atoms with Crippen molar-refractivity contribution in [3.8, 4) is 22.4 Å². The number of H-pyrrole nitrogens is 2. The number of likely N-dealkylation sites (tertiary alicyclic amines) is 1. The van der Waals surface area contributed by atoms with E-state index in [1.54, 1.807) is 22.4 Å². The molecule has 0 spiro atoms. The van der Waals surface area contributed by atoms with Crippen LogP contribution >= 0.6 is 11.3 Å². The lowest BCUT2D eigenvalue weighted by molar-refractivity contribution is -0.133. The van der Waals surface area contributed by atoms with Gasteiger partial charge in [0.1, 0.15) is 18.2 Å². The first-order valence-electron chi connectivity index (χ1n) is 17.9. The Balaban J connectivity index is 1.05. The lowest BCUT2D eigenvalue weighted by Crippen LogP contribution is -2.56. The van der Waals surface area contributed by atoms with E-state index in [0.717, 1.165) is 78.5 Å². The zero-order chi connectivity index (χ0) is 37.6. The molecule has 6 aromatic rings. The number of aromatic amines is 2. The van der Waals surface area contributed by atoms with Crippen molar-refractivity contribution in [2.75, 3.05) is 19.6 Å². The average Bonchev–Trinajstić information content (AvgIpc) is 3.95. The quantitative estimate of drug-likeness (QED) is 0.0897. The summed E-state index contributed by atoms with van der Waals surface area (Å²) in [6.45, 7) is 2.46. The van der Waals surface area contributed by atoms with E-state index in [4.69, 9.17) is 15.8 Å². The van der Waals surface area contributed by atoms with E-state index in [2.05, 4.69) is 62.0 Å². The third-order valence-corrected chi connectivity index (χ3v) is 11.5. The minimum absolute atomic E-state index is 0.0484. The third-order valence-electron chi connectivity index (χ3n) is 10.4. The molecule has 1 aliphatic heterocycles. The van der Waals surface area contributed by atoms with Gasteiger partial charge in [0.15, 0.2) is 5.66 Å². The Morgan fingerprint density at radius 2 is 1.80 bits per heavy atom. The first-order valence-corrected chi connectivity index (χ1v) is 18.7. The summed E-state index contributed by atoms with van der Waals surface area (Å²) in [5.41, 5.74) is 12.1. The van der Waals surface area contributed by atoms with E-state index >= 15 is 0 Å². The Kier molecular flexibility index (Phi) is 9.11. The summed E-state index contributed by atoms with van der Waals surface area (Å²) in [4.78, 5) is 67.1. The van der Waals surface area contributed by atoms with Crippen molar-refractivity contribution < 1.29 is 24.3 Å². The molecular formula is C39H39N9O5S. The predicted molar refractivity (Wildman–Crippen MR) is 206 cm³/mol. The fraction of sp³-hybridized carbons (Fsp3) is 0.282. The highest BCUT2D eigenvalue weighted by Gasteiger charge is 2.54. The molecule has 1 aliphatic carbocycles. The summed E-state index contributed by atoms with van der Waals surface area (Å²) in [6.07, 6.45) is 6.04. The number of nitrogens with two attached hydrogens (primary N) is 1. The van der Waals surface area contributed by atoms with Crippen molar-refractivity contribution in [2.24, 2.45) is 11.7 Å². The topological polar surface area (TPSA) is 202 Å². The number of rotatable bonds is 12. The molecule has 0 saturated carbocycles. The van der Waals surface area contributed by atoms with Crippen molar-refractivity contribution in [1.82, 2.24) is 40.4 Å². The largest absolute Gasteiger partial charge is 0.465 e. The molecule has 2 atom stereocenters. The van der Waals surface area contributed by atoms with E-state index in [-0.39, 0.29) is 24.9 Å². The minimum atomic E-state index is -1.27. The Morgan fingerprint density at radius 3 is 2.56 bits per heavy atom. The second-order valence-corrected chi connectivity index (χ2v) is 14.9. The lowest BCUT2D eigenvalue weighted by Gasteiger charge is -2.36. The first-order chi connectivity index (χ1) is 26.2. The molecular weight excluding hydrogens is 707 g/mol. The molecule has 54 heavy (non-hydrogen) atoms. The number of benzene rings is 3. The number of hydrogen-bond acceptors (Lipinski definition) is 8. The third kappa shape index (κ3) is 6.24. The van der Waals surface area contributed by atoms with E-state index in [0.29, 0.717) is 37.6 Å². The number of carbonyl (C=O) groups excluding carboxylic acids is 3. The molecule has 0 radical (unpaired) electrons. The highest BCUT2D eigenvalue weighted by molar-refractivity contribution is 7.25. The molecule has 4 amide bonds. The molecule has 276 valence electrons. The molecule has 0 unspecified atom stereocenters. The van der Waals surface area contributed by atoms with Crippen LogP contribution in [-0.2, 0) is 26.6 Å². The summed E-state index contributed by atoms with van der Waals surface area (Å²) >= 11 is 1.71. The number of amides is 4. The van der Waals surface area contributed by atoms with E-state index in [1.807, 2.05) is 31.2 Å². The molecule has 7 N–H and O–H groups in total. The number of thiophene rings is 1. The fourth-order valence-corrected chi connectivity index (χ4v) is 9.02. The number of fused-ring (bicyclic) bond motifs is 6. The molecule has 3 aromatic heterocycles. The van der Waals surface area contributed by atoms with Gasteiger partial charge in [-0.05, 0) is 61.1 Å². The first kappa shape index (κ1) is 35.0. The summed E-state index contributed by atoms with van der Waals surface area (Å²) in [6, 6.07) is 18.8. The number of carboxylic acid groups (broad SMARTS) is 1. The van der Waals surface area contributed by atoms with Crippen molar-refractivity contribution in [1.29, 1.82) is 0 Å². The second kappa shape index (κ2) is 14.1. The Hall–Kier alpha value is -6.06. The number of imidazole rings is 2. The van der Waals surface area contributed by atoms with Crippen LogP contribution in [-0.4, -0.2) is 78.8 Å². The van der Waals surface area contributed by atoms with Crippen LogP contribution in [0.3, 0.4) is 0 Å². The van der Waals surface area contributed by atoms with Crippen molar-refractivity contribution >= 4 is 66.9 Å². The van der Waals surface area contributed by atoms with Gasteiger partial charge in [-0.3, -0.25) is 19.3 Å². The van der Waals surface area contributed by atoms with Crippen LogP contribution in [0, 0.1) is 5.92 Å². The minimum Gasteiger partial charge on any atom is -0.465 e. The van der Waals surface area contributed by atoms with Crippen molar-refractivity contribution in [3.63, 3.8) is 0 Å². The van der Waals surface area contributed by atoms with Crippen molar-refractivity contribution in [3.05, 3.63) is 84.2 Å². The van der Waals surface area contributed by atoms with E-state index in [9.17, 15) is 19.2 Å². The van der Waals surface area contributed by atoms with Crippen LogP contribution in [0.4, 0.5) is 4.79 Å². The monoisotopic (exact) mass is 745 g/mol. The Labute approximate surface area is 313 Å². The summed E-state index contributed by atoms with van der Waals surface area (Å²) in [5.74, 6) is 0.519. The standard InChI is InChI=1S/C39H39N9O5S/c1-2-12-47(35(50)18-41-21-49)20-34-42-17-31(44-34)24-7-10-28-27-9-6-23(14-32(27)54-33(28)15-24)22-8-11-29-30(13-22)46-37(45-29)39(40)25-4-3-5-26(16-25)48(39)36(51)19-43-38(52)53/h5-11,13-15,17,21,25,43H,2-4,12,16,18-20,40H2,1H3,(H,41,49)(H,42,44)(H,45,46)(H,52,53)/t25-,39-/m0/s1. The van der Waals surface area contributed by atoms with Gasteiger partial charge >= 0.3 is 6.09 Å². The smallest absolute Gasteiger partial charge is 0.405 e. The van der Waals surface area contributed by atoms with Crippen molar-refractivity contribution in [2.45, 2.75) is 44.8 Å². The van der Waals surface area contributed by atoms with Gasteiger partial charge < -0.3 is 36.3 Å². The Morgan fingerprint density at radius 1 is 1.06 bits per heavy atom. The normalized spacial score (nSPS) is 17.9. The number of allylic oxidation sites excluding steroid dienone is 2. The van der Waals surface area contributed by atoms with Gasteiger partial charge in [0.25, 0.3) is 0 Å². The zero-order valence-corrected chi connectivity index (χ0v) is 30.3. The number of nitrogens with zero attached hydrogens (tertiary/aromatic N) is 4. The van der Waals surface area contributed by atoms with Gasteiger partial charge in [0.05, 0.1) is 36.0 Å². The maximum atomic E-state index is 13.3. The highest BCUT2D eigenvalue weighted by atomic mass is 32.1. The molecule has 14 nitrogen and oxygen atoms in total. The van der Waals surface area contributed by atoms with Crippen LogP contribution in [0.2, 0.25) is 0 Å². The number of nitrogens with one attached hydrogen (secondary N) is 4. The summed E-state index contributed by atoms with van der Waals surface area (Å²) < 4.78 is 2.28. The molecule has 3 aromatic carbocycles. The highest BCUT2D eigenvalue weighted by Crippen LogP contribution is 2.49. The SMILES string of the molecule is CCCN(Cc1ncc(-c2ccc3c(c2)sc2cc(-c4ccc5nc([C@]6(N)[C@H]7CCC=C(C7)N6C(=O)CNC(=O)O)[nH]c5c4)ccc23)[nH]1)C(=O)CNC=O. The predicted octanol–water partition coefficient (Wildman–Crippen LogP) is 5.38. The maximum Gasteiger partial charge on any atom is 0.405 e.